The number of halogens is 1. The van der Waals surface area contributed by atoms with Gasteiger partial charge in [-0.25, -0.2) is 4.79 Å². The second-order valence-electron chi connectivity index (χ2n) is 5.68. The first kappa shape index (κ1) is 18.3. The highest BCUT2D eigenvalue weighted by molar-refractivity contribution is 9.10. The molecule has 6 nitrogen and oxygen atoms in total. The van der Waals surface area contributed by atoms with Gasteiger partial charge in [-0.3, -0.25) is 0 Å². The van der Waals surface area contributed by atoms with E-state index in [9.17, 15) is 14.7 Å². The summed E-state index contributed by atoms with van der Waals surface area (Å²) < 4.78 is 11.0. The first-order valence-electron chi connectivity index (χ1n) is 6.65. The Morgan fingerprint density at radius 1 is 1.36 bits per heavy atom. The summed E-state index contributed by atoms with van der Waals surface area (Å²) in [5.41, 5.74) is -0.0873. The van der Waals surface area contributed by atoms with Crippen molar-refractivity contribution in [3.05, 3.63) is 28.2 Å². The van der Waals surface area contributed by atoms with Crippen LogP contribution in [-0.4, -0.2) is 30.8 Å². The number of alkyl carbamates (subject to hydrolysis) is 1. The Morgan fingerprint density at radius 2 is 2.00 bits per heavy atom. The number of carbonyl (C=O) groups is 2. The third-order valence-corrected chi connectivity index (χ3v) is 3.14. The van der Waals surface area contributed by atoms with Crippen molar-refractivity contribution in [2.75, 3.05) is 7.11 Å². The van der Waals surface area contributed by atoms with Crippen LogP contribution in [0.5, 0.6) is 5.75 Å². The Labute approximate surface area is 137 Å². The average Bonchev–Trinajstić information content (AvgIpc) is 2.35. The zero-order valence-electron chi connectivity index (χ0n) is 12.9. The van der Waals surface area contributed by atoms with Crippen LogP contribution in [0.3, 0.4) is 0 Å². The molecule has 0 aliphatic carbocycles. The van der Waals surface area contributed by atoms with Crippen molar-refractivity contribution in [3.63, 3.8) is 0 Å². The second kappa shape index (κ2) is 7.49. The fraction of sp³-hybridized carbons (Fsp3) is 0.467. The number of methoxy groups -OCH3 is 1. The molecule has 0 spiro atoms. The number of carboxylic acids is 1. The average molecular weight is 373 g/mol. The van der Waals surface area contributed by atoms with Crippen LogP contribution in [-0.2, 0) is 16.0 Å². The van der Waals surface area contributed by atoms with Crippen LogP contribution in [0.2, 0.25) is 0 Å². The molecule has 1 atom stereocenters. The van der Waals surface area contributed by atoms with E-state index in [0.29, 0.717) is 11.3 Å². The van der Waals surface area contributed by atoms with E-state index in [4.69, 9.17) is 9.47 Å². The maximum atomic E-state index is 11.7. The molecule has 0 saturated carbocycles. The van der Waals surface area contributed by atoms with Crippen molar-refractivity contribution in [2.45, 2.75) is 38.8 Å². The first-order valence-corrected chi connectivity index (χ1v) is 7.44. The minimum atomic E-state index is -1.40. The molecule has 1 aromatic carbocycles. The summed E-state index contributed by atoms with van der Waals surface area (Å²) in [5, 5.41) is 13.6. The SMILES string of the molecule is COc1ccc(Br)cc1C[C@H](NC(=O)OC(C)(C)C)C(=O)[O-]. The fourth-order valence-corrected chi connectivity index (χ4v) is 2.18. The molecule has 0 aliphatic heterocycles. The maximum Gasteiger partial charge on any atom is 0.408 e. The highest BCUT2D eigenvalue weighted by atomic mass is 79.9. The highest BCUT2D eigenvalue weighted by Crippen LogP contribution is 2.24. The highest BCUT2D eigenvalue weighted by Gasteiger charge is 2.21. The summed E-state index contributed by atoms with van der Waals surface area (Å²) >= 11 is 3.31. The minimum Gasteiger partial charge on any atom is -0.548 e. The molecular weight excluding hydrogens is 354 g/mol. The van der Waals surface area contributed by atoms with Gasteiger partial charge < -0.3 is 24.7 Å². The second-order valence-corrected chi connectivity index (χ2v) is 6.59. The van der Waals surface area contributed by atoms with Gasteiger partial charge in [0.2, 0.25) is 0 Å². The van der Waals surface area contributed by atoms with E-state index in [1.165, 1.54) is 7.11 Å². The van der Waals surface area contributed by atoms with Crippen LogP contribution in [0, 0.1) is 0 Å². The molecule has 0 bridgehead atoms. The van der Waals surface area contributed by atoms with E-state index in [2.05, 4.69) is 21.2 Å². The molecule has 22 heavy (non-hydrogen) atoms. The van der Waals surface area contributed by atoms with Gasteiger partial charge in [0.15, 0.2) is 0 Å². The molecule has 1 N–H and O–H groups in total. The van der Waals surface area contributed by atoms with E-state index in [1.54, 1.807) is 39.0 Å². The van der Waals surface area contributed by atoms with Gasteiger partial charge in [-0.2, -0.15) is 0 Å². The van der Waals surface area contributed by atoms with Crippen molar-refractivity contribution >= 4 is 28.0 Å². The molecule has 0 heterocycles. The van der Waals surface area contributed by atoms with E-state index < -0.39 is 23.7 Å². The van der Waals surface area contributed by atoms with E-state index >= 15 is 0 Å². The zero-order chi connectivity index (χ0) is 16.9. The topological polar surface area (TPSA) is 87.7 Å². The lowest BCUT2D eigenvalue weighted by Crippen LogP contribution is -2.50. The number of carbonyl (C=O) groups excluding carboxylic acids is 2. The van der Waals surface area contributed by atoms with Crippen LogP contribution >= 0.6 is 15.9 Å². The summed E-state index contributed by atoms with van der Waals surface area (Å²) in [7, 11) is 1.49. The number of amides is 1. The number of aliphatic carboxylic acids is 1. The van der Waals surface area contributed by atoms with E-state index in [1.807, 2.05) is 0 Å². The fourth-order valence-electron chi connectivity index (χ4n) is 1.77. The Balaban J connectivity index is 2.87. The predicted octanol–water partition coefficient (Wildman–Crippen LogP) is 1.64. The molecular formula is C15H19BrNO5-. The lowest BCUT2D eigenvalue weighted by molar-refractivity contribution is -0.308. The molecule has 1 amide bonds. The van der Waals surface area contributed by atoms with E-state index in [0.717, 1.165) is 4.47 Å². The number of carboxylic acid groups (broad SMARTS) is 1. The molecule has 0 aliphatic rings. The van der Waals surface area contributed by atoms with Crippen LogP contribution in [0.4, 0.5) is 4.79 Å². The lowest BCUT2D eigenvalue weighted by Gasteiger charge is -2.24. The quantitative estimate of drug-likeness (QED) is 0.848. The van der Waals surface area contributed by atoms with Crippen molar-refractivity contribution in [2.24, 2.45) is 0 Å². The number of rotatable bonds is 5. The monoisotopic (exact) mass is 372 g/mol. The Bertz CT molecular complexity index is 553. The molecule has 0 saturated heterocycles. The number of hydrogen-bond donors (Lipinski definition) is 1. The van der Waals surface area contributed by atoms with E-state index in [-0.39, 0.29) is 6.42 Å². The van der Waals surface area contributed by atoms with Gasteiger partial charge >= 0.3 is 6.09 Å². The van der Waals surface area contributed by atoms with Crippen molar-refractivity contribution in [3.8, 4) is 5.75 Å². The van der Waals surface area contributed by atoms with Gasteiger partial charge in [0.05, 0.1) is 19.1 Å². The standard InChI is InChI=1S/C15H20BrNO5/c1-15(2,3)22-14(20)17-11(13(18)19)8-9-7-10(16)5-6-12(9)21-4/h5-7,11H,8H2,1-4H3,(H,17,20)(H,18,19)/p-1/t11-/m0/s1. The summed E-state index contributed by atoms with van der Waals surface area (Å²) in [5.74, 6) is -0.867. The summed E-state index contributed by atoms with van der Waals surface area (Å²) in [6.07, 6.45) is -0.792. The number of nitrogens with one attached hydrogen (secondary N) is 1. The summed E-state index contributed by atoms with van der Waals surface area (Å²) in [6.45, 7) is 5.08. The van der Waals surface area contributed by atoms with Gasteiger partial charge in [-0.05, 0) is 44.5 Å². The largest absolute Gasteiger partial charge is 0.548 e. The van der Waals surface area contributed by atoms with Gasteiger partial charge in [0.25, 0.3) is 0 Å². The Hall–Kier alpha value is -1.76. The minimum absolute atomic E-state index is 0.0180. The molecule has 1 rings (SSSR count). The Morgan fingerprint density at radius 3 is 2.50 bits per heavy atom. The lowest BCUT2D eigenvalue weighted by atomic mass is 10.1. The van der Waals surface area contributed by atoms with Crippen molar-refractivity contribution < 1.29 is 24.2 Å². The van der Waals surface area contributed by atoms with Crippen LogP contribution in [0.25, 0.3) is 0 Å². The smallest absolute Gasteiger partial charge is 0.408 e. The molecule has 7 heteroatoms. The zero-order valence-corrected chi connectivity index (χ0v) is 14.5. The van der Waals surface area contributed by atoms with Crippen LogP contribution in [0.15, 0.2) is 22.7 Å². The molecule has 0 aromatic heterocycles. The molecule has 0 unspecified atom stereocenters. The van der Waals surface area contributed by atoms with Gasteiger partial charge in [-0.1, -0.05) is 15.9 Å². The third kappa shape index (κ3) is 5.93. The van der Waals surface area contributed by atoms with Crippen LogP contribution < -0.4 is 15.2 Å². The van der Waals surface area contributed by atoms with Crippen molar-refractivity contribution in [1.29, 1.82) is 0 Å². The van der Waals surface area contributed by atoms with Gasteiger partial charge in [0, 0.05) is 10.9 Å². The molecule has 0 radical (unpaired) electrons. The maximum absolute atomic E-state index is 11.7. The molecule has 122 valence electrons. The Kier molecular flexibility index (Phi) is 6.22. The number of ether oxygens (including phenoxy) is 2. The summed E-state index contributed by atoms with van der Waals surface area (Å²) in [4.78, 5) is 23.0. The molecule has 0 fully saturated rings. The number of benzene rings is 1. The summed E-state index contributed by atoms with van der Waals surface area (Å²) in [6, 6.07) is 3.99. The van der Waals surface area contributed by atoms with Crippen LogP contribution in [0.1, 0.15) is 26.3 Å². The first-order chi connectivity index (χ1) is 10.1. The predicted molar refractivity (Wildman–Crippen MR) is 82.6 cm³/mol. The van der Waals surface area contributed by atoms with Crippen molar-refractivity contribution in [1.82, 2.24) is 5.32 Å². The molecule has 1 aromatic rings. The third-order valence-electron chi connectivity index (χ3n) is 2.64. The number of hydrogen-bond acceptors (Lipinski definition) is 5. The van der Waals surface area contributed by atoms with Gasteiger partial charge in [0.1, 0.15) is 11.4 Å². The normalized spacial score (nSPS) is 12.4. The van der Waals surface area contributed by atoms with Gasteiger partial charge in [-0.15, -0.1) is 0 Å².